The lowest BCUT2D eigenvalue weighted by molar-refractivity contribution is -0.156. The molecule has 0 spiro atoms. The molecule has 1 aromatic carbocycles. The van der Waals surface area contributed by atoms with Gasteiger partial charge in [-0.3, -0.25) is 9.59 Å². The Morgan fingerprint density at radius 3 is 2.18 bits per heavy atom. The molecule has 0 heterocycles. The molecule has 0 unspecified atom stereocenters. The van der Waals surface area contributed by atoms with Gasteiger partial charge < -0.3 is 14.9 Å². The van der Waals surface area contributed by atoms with Crippen molar-refractivity contribution in [2.75, 3.05) is 7.11 Å². The highest BCUT2D eigenvalue weighted by atomic mass is 35.5. The Balaban J connectivity index is 3.36. The average Bonchev–Trinajstić information content (AvgIpc) is 2.27. The lowest BCUT2D eigenvalue weighted by Gasteiger charge is -2.20. The minimum absolute atomic E-state index is 0.0864. The number of benzene rings is 1. The van der Waals surface area contributed by atoms with Gasteiger partial charge in [0.25, 0.3) is 0 Å². The molecule has 5 nitrogen and oxygen atoms in total. The molecule has 0 fully saturated rings. The maximum absolute atomic E-state index is 11.1. The van der Waals surface area contributed by atoms with E-state index in [1.54, 1.807) is 0 Å². The molecule has 0 aromatic heterocycles. The van der Waals surface area contributed by atoms with Gasteiger partial charge in [-0.2, -0.15) is 0 Å². The zero-order valence-corrected chi connectivity index (χ0v) is 9.99. The van der Waals surface area contributed by atoms with Crippen molar-refractivity contribution in [1.29, 1.82) is 0 Å². The van der Waals surface area contributed by atoms with Crippen molar-refractivity contribution < 1.29 is 24.5 Å². The number of carbonyl (C=O) groups is 2. The molecule has 1 aromatic rings. The van der Waals surface area contributed by atoms with Gasteiger partial charge in [0.15, 0.2) is 5.41 Å². The summed E-state index contributed by atoms with van der Waals surface area (Å²) in [7, 11) is 1.41. The van der Waals surface area contributed by atoms with Crippen molar-refractivity contribution in [2.45, 2.75) is 12.3 Å². The van der Waals surface area contributed by atoms with Gasteiger partial charge in [-0.15, -0.1) is 0 Å². The van der Waals surface area contributed by atoms with Gasteiger partial charge in [-0.1, -0.05) is 17.7 Å². The number of carboxylic acid groups (broad SMARTS) is 2. The molecule has 2 N–H and O–H groups in total. The van der Waals surface area contributed by atoms with Gasteiger partial charge in [0, 0.05) is 0 Å². The lowest BCUT2D eigenvalue weighted by atomic mass is 9.82. The standard InChI is InChI=1S/C11H11ClO5/c1-11(9(13)14,10(15)16)6-3-4-8(17-2)7(12)5-6/h3-5H,1-2H3,(H,13,14)(H,15,16). The van der Waals surface area contributed by atoms with Gasteiger partial charge >= 0.3 is 11.9 Å². The highest BCUT2D eigenvalue weighted by Crippen LogP contribution is 2.32. The number of ether oxygens (including phenoxy) is 1. The molecule has 0 radical (unpaired) electrons. The molecular formula is C11H11ClO5. The Morgan fingerprint density at radius 2 is 1.82 bits per heavy atom. The van der Waals surface area contributed by atoms with Gasteiger partial charge in [0.2, 0.25) is 0 Å². The minimum Gasteiger partial charge on any atom is -0.495 e. The minimum atomic E-state index is -2.03. The van der Waals surface area contributed by atoms with Crippen LogP contribution >= 0.6 is 11.6 Å². The smallest absolute Gasteiger partial charge is 0.325 e. The molecule has 0 atom stereocenters. The van der Waals surface area contributed by atoms with Crippen molar-refractivity contribution in [3.05, 3.63) is 28.8 Å². The van der Waals surface area contributed by atoms with Crippen LogP contribution in [0.1, 0.15) is 12.5 Å². The molecule has 0 saturated heterocycles. The van der Waals surface area contributed by atoms with E-state index in [0.29, 0.717) is 5.75 Å². The summed E-state index contributed by atoms with van der Waals surface area (Å²) in [4.78, 5) is 22.1. The highest BCUT2D eigenvalue weighted by molar-refractivity contribution is 6.32. The monoisotopic (exact) mass is 258 g/mol. The molecule has 0 aliphatic carbocycles. The van der Waals surface area contributed by atoms with Crippen LogP contribution in [0, 0.1) is 0 Å². The van der Waals surface area contributed by atoms with Gasteiger partial charge in [0.1, 0.15) is 5.75 Å². The maximum atomic E-state index is 11.1. The fourth-order valence-corrected chi connectivity index (χ4v) is 1.57. The summed E-state index contributed by atoms with van der Waals surface area (Å²) in [6.07, 6.45) is 0. The topological polar surface area (TPSA) is 83.8 Å². The summed E-state index contributed by atoms with van der Waals surface area (Å²) in [5.41, 5.74) is -1.95. The van der Waals surface area contributed by atoms with Crippen LogP contribution in [0.15, 0.2) is 18.2 Å². The molecule has 0 saturated carbocycles. The zero-order chi connectivity index (χ0) is 13.2. The van der Waals surface area contributed by atoms with E-state index in [-0.39, 0.29) is 10.6 Å². The summed E-state index contributed by atoms with van der Waals surface area (Å²) < 4.78 is 4.91. The van der Waals surface area contributed by atoms with E-state index < -0.39 is 17.4 Å². The summed E-state index contributed by atoms with van der Waals surface area (Å²) in [6.45, 7) is 1.11. The van der Waals surface area contributed by atoms with E-state index in [1.807, 2.05) is 0 Å². The van der Waals surface area contributed by atoms with Crippen molar-refractivity contribution in [2.24, 2.45) is 0 Å². The first kappa shape index (κ1) is 13.3. The van der Waals surface area contributed by atoms with Crippen LogP contribution < -0.4 is 4.74 Å². The van der Waals surface area contributed by atoms with Crippen LogP contribution in [0.25, 0.3) is 0 Å². The number of carboxylic acids is 2. The zero-order valence-electron chi connectivity index (χ0n) is 9.23. The van der Waals surface area contributed by atoms with Crippen LogP contribution in [-0.4, -0.2) is 29.3 Å². The second kappa shape index (κ2) is 4.63. The third kappa shape index (κ3) is 2.19. The Kier molecular flexibility index (Phi) is 3.63. The van der Waals surface area contributed by atoms with Crippen LogP contribution in [0.4, 0.5) is 0 Å². The molecule has 1 rings (SSSR count). The van der Waals surface area contributed by atoms with E-state index in [0.717, 1.165) is 6.92 Å². The number of hydrogen-bond acceptors (Lipinski definition) is 3. The fourth-order valence-electron chi connectivity index (χ4n) is 1.32. The third-order valence-corrected chi connectivity index (χ3v) is 2.88. The molecule has 92 valence electrons. The van der Waals surface area contributed by atoms with Gasteiger partial charge in [-0.05, 0) is 24.6 Å². The third-order valence-electron chi connectivity index (χ3n) is 2.58. The summed E-state index contributed by atoms with van der Waals surface area (Å²) in [6, 6.07) is 4.08. The van der Waals surface area contributed by atoms with Crippen molar-refractivity contribution in [1.82, 2.24) is 0 Å². The molecule has 0 aliphatic rings. The van der Waals surface area contributed by atoms with E-state index in [1.165, 1.54) is 25.3 Å². The van der Waals surface area contributed by atoms with Crippen LogP contribution in [0.2, 0.25) is 5.02 Å². The second-order valence-electron chi connectivity index (χ2n) is 3.58. The summed E-state index contributed by atoms with van der Waals surface area (Å²) in [5.74, 6) is -2.55. The first-order valence-corrected chi connectivity index (χ1v) is 5.02. The summed E-state index contributed by atoms with van der Waals surface area (Å²) in [5, 5.41) is 18.2. The average molecular weight is 259 g/mol. The van der Waals surface area contributed by atoms with E-state index in [9.17, 15) is 9.59 Å². The van der Waals surface area contributed by atoms with Crippen molar-refractivity contribution in [3.8, 4) is 5.75 Å². The number of methoxy groups -OCH3 is 1. The van der Waals surface area contributed by atoms with Crippen LogP contribution in [0.5, 0.6) is 5.75 Å². The first-order valence-electron chi connectivity index (χ1n) is 4.64. The molecule has 0 aliphatic heterocycles. The molecule has 0 bridgehead atoms. The van der Waals surface area contributed by atoms with Crippen LogP contribution in [-0.2, 0) is 15.0 Å². The van der Waals surface area contributed by atoms with E-state index in [2.05, 4.69) is 0 Å². The van der Waals surface area contributed by atoms with Gasteiger partial charge in [0.05, 0.1) is 12.1 Å². The summed E-state index contributed by atoms with van der Waals surface area (Å²) >= 11 is 5.83. The van der Waals surface area contributed by atoms with Gasteiger partial charge in [-0.25, -0.2) is 0 Å². The van der Waals surface area contributed by atoms with Crippen molar-refractivity contribution >= 4 is 23.5 Å². The Bertz CT molecular complexity index is 455. The number of halogens is 1. The van der Waals surface area contributed by atoms with E-state index >= 15 is 0 Å². The van der Waals surface area contributed by atoms with Crippen LogP contribution in [0.3, 0.4) is 0 Å². The largest absolute Gasteiger partial charge is 0.495 e. The number of aliphatic carboxylic acids is 2. The molecule has 6 heteroatoms. The van der Waals surface area contributed by atoms with Crippen molar-refractivity contribution in [3.63, 3.8) is 0 Å². The fraction of sp³-hybridized carbons (Fsp3) is 0.273. The second-order valence-corrected chi connectivity index (χ2v) is 3.99. The highest BCUT2D eigenvalue weighted by Gasteiger charge is 2.43. The first-order chi connectivity index (χ1) is 7.83. The lowest BCUT2D eigenvalue weighted by Crippen LogP contribution is -2.40. The van der Waals surface area contributed by atoms with E-state index in [4.69, 9.17) is 26.6 Å². The Morgan fingerprint density at radius 1 is 1.29 bits per heavy atom. The Hall–Kier alpha value is -1.75. The SMILES string of the molecule is COc1ccc(C(C)(C(=O)O)C(=O)O)cc1Cl. The quantitative estimate of drug-likeness (QED) is 0.804. The number of hydrogen-bond donors (Lipinski definition) is 2. The predicted octanol–water partition coefficient (Wildman–Crippen LogP) is 1.78. The molecule has 17 heavy (non-hydrogen) atoms. The maximum Gasteiger partial charge on any atom is 0.325 e. The molecule has 0 amide bonds. The predicted molar refractivity (Wildman–Crippen MR) is 60.6 cm³/mol. The number of rotatable bonds is 4. The molecular weight excluding hydrogens is 248 g/mol. The normalized spacial score (nSPS) is 11.0. The Labute approximate surface area is 103 Å².